The summed E-state index contributed by atoms with van der Waals surface area (Å²) in [4.78, 5) is 11.9. The predicted octanol–water partition coefficient (Wildman–Crippen LogP) is 3.15. The molecular weight excluding hydrogens is 304 g/mol. The maximum atomic E-state index is 11.9. The Morgan fingerprint density at radius 2 is 2.05 bits per heavy atom. The number of hydrogen-bond donors (Lipinski definition) is 1. The van der Waals surface area contributed by atoms with Crippen LogP contribution in [0.2, 0.25) is 0 Å². The quantitative estimate of drug-likeness (QED) is 0.844. The molecule has 1 amide bonds. The van der Waals surface area contributed by atoms with Gasteiger partial charge in [-0.25, -0.2) is 0 Å². The number of nitrogens with one attached hydrogen (secondary N) is 1. The van der Waals surface area contributed by atoms with Crippen molar-refractivity contribution in [1.82, 2.24) is 9.88 Å². The van der Waals surface area contributed by atoms with Gasteiger partial charge in [-0.1, -0.05) is 30.3 Å². The molecular formula is C15H17BrN2O. The molecule has 1 aromatic carbocycles. The van der Waals surface area contributed by atoms with Crippen molar-refractivity contribution in [2.45, 2.75) is 12.8 Å². The fraction of sp³-hybridized carbons (Fsp3) is 0.267. The molecule has 0 radical (unpaired) electrons. The average molecular weight is 321 g/mol. The Morgan fingerprint density at radius 3 is 2.68 bits per heavy atom. The largest absolute Gasteiger partial charge is 0.351 e. The minimum Gasteiger partial charge on any atom is -0.351 e. The van der Waals surface area contributed by atoms with Crippen molar-refractivity contribution in [2.75, 3.05) is 6.54 Å². The normalized spacial score (nSPS) is 10.4. The number of carbonyl (C=O) groups excluding carboxylic acids is 1. The van der Waals surface area contributed by atoms with Gasteiger partial charge in [-0.05, 0) is 40.4 Å². The smallest absolute Gasteiger partial charge is 0.267 e. The summed E-state index contributed by atoms with van der Waals surface area (Å²) in [7, 11) is 1.86. The van der Waals surface area contributed by atoms with Gasteiger partial charge in [-0.3, -0.25) is 4.79 Å². The maximum Gasteiger partial charge on any atom is 0.267 e. The highest BCUT2D eigenvalue weighted by atomic mass is 79.9. The summed E-state index contributed by atoms with van der Waals surface area (Å²) in [5, 5.41) is 2.94. The van der Waals surface area contributed by atoms with Gasteiger partial charge in [0.15, 0.2) is 0 Å². The van der Waals surface area contributed by atoms with Crippen LogP contribution in [0.4, 0.5) is 0 Å². The molecule has 2 rings (SSSR count). The number of amides is 1. The third-order valence-corrected chi connectivity index (χ3v) is 3.41. The molecule has 0 aliphatic carbocycles. The summed E-state index contributed by atoms with van der Waals surface area (Å²) in [6.07, 6.45) is 3.80. The van der Waals surface area contributed by atoms with E-state index in [0.717, 1.165) is 17.3 Å². The molecule has 0 saturated heterocycles. The van der Waals surface area contributed by atoms with Gasteiger partial charge in [0.1, 0.15) is 5.69 Å². The molecule has 19 heavy (non-hydrogen) atoms. The summed E-state index contributed by atoms with van der Waals surface area (Å²) in [5.74, 6) is -0.0266. The predicted molar refractivity (Wildman–Crippen MR) is 80.2 cm³/mol. The first-order chi connectivity index (χ1) is 9.16. The van der Waals surface area contributed by atoms with Crippen LogP contribution >= 0.6 is 15.9 Å². The molecule has 2 aromatic rings. The van der Waals surface area contributed by atoms with Gasteiger partial charge in [-0.15, -0.1) is 0 Å². The van der Waals surface area contributed by atoms with Crippen molar-refractivity contribution in [3.63, 3.8) is 0 Å². The van der Waals surface area contributed by atoms with Crippen molar-refractivity contribution >= 4 is 21.8 Å². The van der Waals surface area contributed by atoms with Crippen LogP contribution in [0.1, 0.15) is 22.5 Å². The van der Waals surface area contributed by atoms with Crippen LogP contribution in [-0.4, -0.2) is 17.0 Å². The number of aromatic nitrogens is 1. The molecule has 0 fully saturated rings. The molecule has 0 unspecified atom stereocenters. The third kappa shape index (κ3) is 3.96. The van der Waals surface area contributed by atoms with Crippen LogP contribution in [0.5, 0.6) is 0 Å². The van der Waals surface area contributed by atoms with Crippen LogP contribution in [0.3, 0.4) is 0 Å². The van der Waals surface area contributed by atoms with Gasteiger partial charge in [0, 0.05) is 24.3 Å². The monoisotopic (exact) mass is 320 g/mol. The second-order valence-electron chi connectivity index (χ2n) is 4.50. The molecule has 0 saturated carbocycles. The zero-order valence-corrected chi connectivity index (χ0v) is 12.5. The molecule has 1 aromatic heterocycles. The summed E-state index contributed by atoms with van der Waals surface area (Å²) in [6, 6.07) is 12.1. The highest BCUT2D eigenvalue weighted by Gasteiger charge is 2.09. The number of benzene rings is 1. The Labute approximate surface area is 121 Å². The molecule has 0 aliphatic heterocycles. The minimum absolute atomic E-state index is 0.0266. The summed E-state index contributed by atoms with van der Waals surface area (Å²) >= 11 is 3.36. The molecule has 4 heteroatoms. The number of hydrogen-bond acceptors (Lipinski definition) is 1. The first kappa shape index (κ1) is 13.9. The maximum absolute atomic E-state index is 11.9. The Kier molecular flexibility index (Phi) is 4.80. The van der Waals surface area contributed by atoms with Crippen molar-refractivity contribution in [1.29, 1.82) is 0 Å². The third-order valence-electron chi connectivity index (χ3n) is 2.97. The van der Waals surface area contributed by atoms with E-state index in [4.69, 9.17) is 0 Å². The number of carbonyl (C=O) groups is 1. The lowest BCUT2D eigenvalue weighted by atomic mass is 10.1. The van der Waals surface area contributed by atoms with Gasteiger partial charge in [0.05, 0.1) is 0 Å². The van der Waals surface area contributed by atoms with Crippen molar-refractivity contribution in [3.05, 3.63) is 58.3 Å². The number of halogens is 1. The van der Waals surface area contributed by atoms with E-state index in [-0.39, 0.29) is 5.91 Å². The van der Waals surface area contributed by atoms with E-state index in [1.165, 1.54) is 5.56 Å². The van der Waals surface area contributed by atoms with Gasteiger partial charge < -0.3 is 9.88 Å². The Balaban J connectivity index is 1.77. The molecule has 0 bridgehead atoms. The zero-order chi connectivity index (χ0) is 13.7. The molecule has 0 spiro atoms. The number of nitrogens with zero attached hydrogens (tertiary/aromatic N) is 1. The summed E-state index contributed by atoms with van der Waals surface area (Å²) in [5.41, 5.74) is 1.98. The lowest BCUT2D eigenvalue weighted by molar-refractivity contribution is 0.0945. The van der Waals surface area contributed by atoms with E-state index in [1.54, 1.807) is 0 Å². The standard InChI is InChI=1S/C15H17BrN2O/c1-18-11-13(16)10-14(18)15(19)17-9-5-8-12-6-3-2-4-7-12/h2-4,6-7,10-11H,5,8-9H2,1H3,(H,17,19). The van der Waals surface area contributed by atoms with Crippen LogP contribution in [0.25, 0.3) is 0 Å². The van der Waals surface area contributed by atoms with Crippen molar-refractivity contribution < 1.29 is 4.79 Å². The number of rotatable bonds is 5. The first-order valence-electron chi connectivity index (χ1n) is 6.31. The molecule has 100 valence electrons. The topological polar surface area (TPSA) is 34.0 Å². The highest BCUT2D eigenvalue weighted by molar-refractivity contribution is 9.10. The van der Waals surface area contributed by atoms with E-state index in [2.05, 4.69) is 33.4 Å². The fourth-order valence-corrected chi connectivity index (χ4v) is 2.50. The van der Waals surface area contributed by atoms with Gasteiger partial charge >= 0.3 is 0 Å². The Hall–Kier alpha value is -1.55. The van der Waals surface area contributed by atoms with Crippen LogP contribution < -0.4 is 5.32 Å². The molecule has 0 atom stereocenters. The average Bonchev–Trinajstić information content (AvgIpc) is 2.75. The van der Waals surface area contributed by atoms with E-state index in [1.807, 2.05) is 42.1 Å². The van der Waals surface area contributed by atoms with E-state index in [9.17, 15) is 4.79 Å². The zero-order valence-electron chi connectivity index (χ0n) is 10.9. The molecule has 1 N–H and O–H groups in total. The summed E-state index contributed by atoms with van der Waals surface area (Å²) < 4.78 is 2.74. The second kappa shape index (κ2) is 6.57. The Morgan fingerprint density at radius 1 is 1.32 bits per heavy atom. The van der Waals surface area contributed by atoms with E-state index >= 15 is 0 Å². The Bertz CT molecular complexity index is 549. The van der Waals surface area contributed by atoms with Crippen LogP contribution in [-0.2, 0) is 13.5 Å². The van der Waals surface area contributed by atoms with E-state index in [0.29, 0.717) is 12.2 Å². The number of aryl methyl sites for hydroxylation is 2. The van der Waals surface area contributed by atoms with Crippen LogP contribution in [0, 0.1) is 0 Å². The second-order valence-corrected chi connectivity index (χ2v) is 5.42. The SMILES string of the molecule is Cn1cc(Br)cc1C(=O)NCCCc1ccccc1. The highest BCUT2D eigenvalue weighted by Crippen LogP contribution is 2.13. The minimum atomic E-state index is -0.0266. The van der Waals surface area contributed by atoms with Gasteiger partial charge in [-0.2, -0.15) is 0 Å². The molecule has 3 nitrogen and oxygen atoms in total. The van der Waals surface area contributed by atoms with Gasteiger partial charge in [0.2, 0.25) is 0 Å². The van der Waals surface area contributed by atoms with Gasteiger partial charge in [0.25, 0.3) is 5.91 Å². The summed E-state index contributed by atoms with van der Waals surface area (Å²) in [6.45, 7) is 0.691. The van der Waals surface area contributed by atoms with Crippen molar-refractivity contribution in [2.24, 2.45) is 7.05 Å². The van der Waals surface area contributed by atoms with Crippen molar-refractivity contribution in [3.8, 4) is 0 Å². The van der Waals surface area contributed by atoms with E-state index < -0.39 is 0 Å². The fourth-order valence-electron chi connectivity index (χ4n) is 1.98. The molecule has 1 heterocycles. The lowest BCUT2D eigenvalue weighted by Gasteiger charge is -2.06. The first-order valence-corrected chi connectivity index (χ1v) is 7.10. The molecule has 0 aliphatic rings. The van der Waals surface area contributed by atoms with Crippen LogP contribution in [0.15, 0.2) is 47.1 Å². The lowest BCUT2D eigenvalue weighted by Crippen LogP contribution is -2.26.